The molecule has 1 unspecified atom stereocenters. The first-order valence-corrected chi connectivity index (χ1v) is 6.57. The van der Waals surface area contributed by atoms with Crippen molar-refractivity contribution >= 4 is 0 Å². The second-order valence-electron chi connectivity index (χ2n) is 5.00. The third kappa shape index (κ3) is 3.69. The van der Waals surface area contributed by atoms with E-state index in [0.29, 0.717) is 13.1 Å². The average molecular weight is 259 g/mol. The Bertz CT molecular complexity index is 545. The number of aliphatic hydroxyl groups is 1. The number of benzene rings is 1. The summed E-state index contributed by atoms with van der Waals surface area (Å²) < 4.78 is 5.47. The third-order valence-electron chi connectivity index (χ3n) is 3.22. The van der Waals surface area contributed by atoms with E-state index < -0.39 is 6.10 Å². The van der Waals surface area contributed by atoms with E-state index in [1.807, 2.05) is 51.1 Å². The lowest BCUT2D eigenvalue weighted by molar-refractivity contribution is 0.174. The molecular formula is C16H21NO2. The highest BCUT2D eigenvalue weighted by molar-refractivity contribution is 5.24. The second-order valence-corrected chi connectivity index (χ2v) is 5.00. The maximum Gasteiger partial charge on any atom is 0.105 e. The summed E-state index contributed by atoms with van der Waals surface area (Å²) in [6, 6.07) is 9.99. The van der Waals surface area contributed by atoms with E-state index in [-0.39, 0.29) is 0 Å². The van der Waals surface area contributed by atoms with Gasteiger partial charge in [-0.25, -0.2) is 0 Å². The Morgan fingerprint density at radius 3 is 2.63 bits per heavy atom. The average Bonchev–Trinajstić information content (AvgIpc) is 2.68. The van der Waals surface area contributed by atoms with Gasteiger partial charge in [0, 0.05) is 18.7 Å². The molecule has 0 saturated carbocycles. The molecule has 0 bridgehead atoms. The number of aliphatic hydroxyl groups excluding tert-OH is 1. The molecule has 0 radical (unpaired) electrons. The van der Waals surface area contributed by atoms with Gasteiger partial charge < -0.3 is 14.8 Å². The summed E-state index contributed by atoms with van der Waals surface area (Å²) >= 11 is 0. The minimum absolute atomic E-state index is 0.479. The van der Waals surface area contributed by atoms with Gasteiger partial charge >= 0.3 is 0 Å². The van der Waals surface area contributed by atoms with Crippen LogP contribution < -0.4 is 5.32 Å². The van der Waals surface area contributed by atoms with E-state index in [2.05, 4.69) is 5.32 Å². The van der Waals surface area contributed by atoms with E-state index in [0.717, 1.165) is 28.2 Å². The lowest BCUT2D eigenvalue weighted by Crippen LogP contribution is -2.21. The molecular weight excluding hydrogens is 238 g/mol. The molecule has 2 rings (SSSR count). The molecule has 0 saturated heterocycles. The highest BCUT2D eigenvalue weighted by Crippen LogP contribution is 2.15. The fourth-order valence-corrected chi connectivity index (χ4v) is 2.20. The summed E-state index contributed by atoms with van der Waals surface area (Å²) in [7, 11) is 0. The number of furan rings is 1. The number of hydrogen-bond donors (Lipinski definition) is 2. The van der Waals surface area contributed by atoms with E-state index in [1.165, 1.54) is 0 Å². The van der Waals surface area contributed by atoms with Crippen LogP contribution in [0.5, 0.6) is 0 Å². The zero-order valence-corrected chi connectivity index (χ0v) is 11.7. The van der Waals surface area contributed by atoms with Crippen LogP contribution in [-0.4, -0.2) is 11.7 Å². The molecule has 19 heavy (non-hydrogen) atoms. The van der Waals surface area contributed by atoms with E-state index >= 15 is 0 Å². The van der Waals surface area contributed by atoms with Crippen molar-refractivity contribution in [1.29, 1.82) is 0 Å². The molecule has 2 aromatic rings. The molecule has 1 aromatic carbocycles. The summed E-state index contributed by atoms with van der Waals surface area (Å²) in [5.41, 5.74) is 3.26. The highest BCUT2D eigenvalue weighted by atomic mass is 16.3. The predicted molar refractivity (Wildman–Crippen MR) is 76.0 cm³/mol. The molecule has 1 heterocycles. The Kier molecular flexibility index (Phi) is 4.40. The van der Waals surface area contributed by atoms with Crippen LogP contribution in [0.15, 0.2) is 34.7 Å². The van der Waals surface area contributed by atoms with E-state index in [9.17, 15) is 5.11 Å². The van der Waals surface area contributed by atoms with E-state index in [4.69, 9.17) is 4.42 Å². The largest absolute Gasteiger partial charge is 0.466 e. The van der Waals surface area contributed by atoms with Crippen LogP contribution in [0.3, 0.4) is 0 Å². The maximum atomic E-state index is 10.1. The normalized spacial score (nSPS) is 12.6. The quantitative estimate of drug-likeness (QED) is 0.867. The molecule has 0 spiro atoms. The SMILES string of the molecule is Cc1cccc(C(O)CNCc2cc(C)oc2C)c1. The van der Waals surface area contributed by atoms with Gasteiger partial charge in [0.1, 0.15) is 11.5 Å². The van der Waals surface area contributed by atoms with Gasteiger partial charge in [0.25, 0.3) is 0 Å². The van der Waals surface area contributed by atoms with Crippen molar-refractivity contribution in [3.63, 3.8) is 0 Å². The highest BCUT2D eigenvalue weighted by Gasteiger charge is 2.08. The summed E-state index contributed by atoms with van der Waals surface area (Å²) in [5.74, 6) is 1.86. The Hall–Kier alpha value is -1.58. The molecule has 0 aliphatic carbocycles. The number of nitrogens with one attached hydrogen (secondary N) is 1. The molecule has 0 aliphatic heterocycles. The molecule has 0 fully saturated rings. The van der Waals surface area contributed by atoms with Gasteiger partial charge in [-0.2, -0.15) is 0 Å². The van der Waals surface area contributed by atoms with Crippen LogP contribution in [0.1, 0.15) is 34.3 Å². The Morgan fingerprint density at radius 2 is 2.00 bits per heavy atom. The van der Waals surface area contributed by atoms with Crippen LogP contribution in [0, 0.1) is 20.8 Å². The molecule has 102 valence electrons. The Morgan fingerprint density at radius 1 is 1.21 bits per heavy atom. The van der Waals surface area contributed by atoms with Crippen molar-refractivity contribution in [2.75, 3.05) is 6.54 Å². The predicted octanol–water partition coefficient (Wildman–Crippen LogP) is 3.03. The third-order valence-corrected chi connectivity index (χ3v) is 3.22. The molecule has 1 atom stereocenters. The fraction of sp³-hybridized carbons (Fsp3) is 0.375. The minimum atomic E-state index is -0.479. The van der Waals surface area contributed by atoms with E-state index in [1.54, 1.807) is 0 Å². The summed E-state index contributed by atoms with van der Waals surface area (Å²) in [5, 5.41) is 13.4. The molecule has 3 heteroatoms. The van der Waals surface area contributed by atoms with Crippen LogP contribution in [-0.2, 0) is 6.54 Å². The Balaban J connectivity index is 1.87. The first-order chi connectivity index (χ1) is 9.06. The van der Waals surface area contributed by atoms with Gasteiger partial charge in [-0.1, -0.05) is 29.8 Å². The number of rotatable bonds is 5. The van der Waals surface area contributed by atoms with Gasteiger partial charge in [-0.15, -0.1) is 0 Å². The van der Waals surface area contributed by atoms with Gasteiger partial charge in [0.05, 0.1) is 6.10 Å². The Labute approximate surface area is 114 Å². The smallest absolute Gasteiger partial charge is 0.105 e. The molecule has 3 nitrogen and oxygen atoms in total. The topological polar surface area (TPSA) is 45.4 Å². The summed E-state index contributed by atoms with van der Waals surface area (Å²) in [6.07, 6.45) is -0.479. The molecule has 1 aromatic heterocycles. The second kappa shape index (κ2) is 6.04. The van der Waals surface area contributed by atoms with Gasteiger partial charge in [-0.3, -0.25) is 0 Å². The van der Waals surface area contributed by atoms with Crippen molar-refractivity contribution < 1.29 is 9.52 Å². The fourth-order valence-electron chi connectivity index (χ4n) is 2.20. The van der Waals surface area contributed by atoms with Crippen molar-refractivity contribution in [2.24, 2.45) is 0 Å². The maximum absolute atomic E-state index is 10.1. The number of aryl methyl sites for hydroxylation is 3. The van der Waals surface area contributed by atoms with Gasteiger partial charge in [0.15, 0.2) is 0 Å². The lowest BCUT2D eigenvalue weighted by atomic mass is 10.1. The zero-order chi connectivity index (χ0) is 13.8. The van der Waals surface area contributed by atoms with Crippen molar-refractivity contribution in [3.05, 3.63) is 58.5 Å². The lowest BCUT2D eigenvalue weighted by Gasteiger charge is -2.12. The first kappa shape index (κ1) is 13.8. The van der Waals surface area contributed by atoms with Crippen molar-refractivity contribution in [2.45, 2.75) is 33.4 Å². The molecule has 2 N–H and O–H groups in total. The van der Waals surface area contributed by atoms with Crippen LogP contribution >= 0.6 is 0 Å². The van der Waals surface area contributed by atoms with Gasteiger partial charge in [0.2, 0.25) is 0 Å². The van der Waals surface area contributed by atoms with Crippen molar-refractivity contribution in [3.8, 4) is 0 Å². The summed E-state index contributed by atoms with van der Waals surface area (Å²) in [4.78, 5) is 0. The monoisotopic (exact) mass is 259 g/mol. The first-order valence-electron chi connectivity index (χ1n) is 6.57. The molecule has 0 amide bonds. The standard InChI is InChI=1S/C16H21NO2/c1-11-5-4-6-14(7-11)16(18)10-17-9-15-8-12(2)19-13(15)3/h4-8,16-18H,9-10H2,1-3H3. The summed E-state index contributed by atoms with van der Waals surface area (Å²) in [6.45, 7) is 7.18. The van der Waals surface area contributed by atoms with Crippen LogP contribution in [0.25, 0.3) is 0 Å². The van der Waals surface area contributed by atoms with Gasteiger partial charge in [-0.05, 0) is 32.4 Å². The molecule has 0 aliphatic rings. The zero-order valence-electron chi connectivity index (χ0n) is 11.7. The van der Waals surface area contributed by atoms with Crippen LogP contribution in [0.2, 0.25) is 0 Å². The van der Waals surface area contributed by atoms with Crippen LogP contribution in [0.4, 0.5) is 0 Å². The van der Waals surface area contributed by atoms with Crippen molar-refractivity contribution in [1.82, 2.24) is 5.32 Å². The number of hydrogen-bond acceptors (Lipinski definition) is 3. The minimum Gasteiger partial charge on any atom is -0.466 e.